The number of carbonyl (C=O) groups excluding carboxylic acids is 1. The zero-order chi connectivity index (χ0) is 19.2. The summed E-state index contributed by atoms with van der Waals surface area (Å²) < 4.78 is 5.37. The van der Waals surface area contributed by atoms with Gasteiger partial charge in [-0.3, -0.25) is 0 Å². The molecule has 1 aliphatic rings. The van der Waals surface area contributed by atoms with Gasteiger partial charge in [0.05, 0.1) is 6.54 Å². The fourth-order valence-corrected chi connectivity index (χ4v) is 2.82. The number of rotatable bonds is 4. The van der Waals surface area contributed by atoms with Crippen molar-refractivity contribution in [3.63, 3.8) is 0 Å². The van der Waals surface area contributed by atoms with Crippen molar-refractivity contribution in [3.05, 3.63) is 35.4 Å². The third kappa shape index (κ3) is 8.36. The largest absolute Gasteiger partial charge is 0.444 e. The topological polar surface area (TPSA) is 71.2 Å². The van der Waals surface area contributed by atoms with Gasteiger partial charge in [-0.05, 0) is 51.2 Å². The zero-order valence-corrected chi connectivity index (χ0v) is 19.2. The van der Waals surface area contributed by atoms with Crippen LogP contribution in [-0.4, -0.2) is 47.6 Å². The lowest BCUT2D eigenvalue weighted by atomic mass is 10.1. The molecule has 6 nitrogen and oxygen atoms in total. The van der Waals surface area contributed by atoms with E-state index in [0.29, 0.717) is 19.0 Å². The lowest BCUT2D eigenvalue weighted by Gasteiger charge is -2.27. The first-order chi connectivity index (χ1) is 12.2. The van der Waals surface area contributed by atoms with Crippen LogP contribution in [0.15, 0.2) is 29.3 Å². The van der Waals surface area contributed by atoms with Crippen LogP contribution in [0.25, 0.3) is 0 Å². The minimum atomic E-state index is -0.485. The highest BCUT2D eigenvalue weighted by molar-refractivity contribution is 14.0. The highest BCUT2D eigenvalue weighted by Crippen LogP contribution is 2.13. The van der Waals surface area contributed by atoms with Crippen molar-refractivity contribution in [1.82, 2.24) is 9.80 Å². The summed E-state index contributed by atoms with van der Waals surface area (Å²) in [5.41, 5.74) is 7.77. The SMILES string of the molecule is CN(Cc1ccc(CN=C(N)N2CCCCC2)cc1)C(=O)OC(C)(C)C.I. The van der Waals surface area contributed by atoms with Crippen molar-refractivity contribution in [2.75, 3.05) is 20.1 Å². The van der Waals surface area contributed by atoms with Gasteiger partial charge in [0.25, 0.3) is 0 Å². The lowest BCUT2D eigenvalue weighted by molar-refractivity contribution is 0.0285. The number of guanidine groups is 1. The third-order valence-electron chi connectivity index (χ3n) is 4.25. The number of nitrogens with two attached hydrogens (primary N) is 1. The molecular weight excluding hydrogens is 455 g/mol. The predicted molar refractivity (Wildman–Crippen MR) is 120 cm³/mol. The summed E-state index contributed by atoms with van der Waals surface area (Å²) in [7, 11) is 1.74. The molecule has 2 rings (SSSR count). The van der Waals surface area contributed by atoms with Crippen molar-refractivity contribution in [2.45, 2.75) is 58.7 Å². The molecule has 2 N–H and O–H groups in total. The predicted octanol–water partition coefficient (Wildman–Crippen LogP) is 3.97. The number of piperidine rings is 1. The van der Waals surface area contributed by atoms with Gasteiger partial charge in [0, 0.05) is 26.7 Å². The van der Waals surface area contributed by atoms with E-state index in [1.807, 2.05) is 45.0 Å². The number of likely N-dealkylation sites (tertiary alicyclic amines) is 1. The molecule has 1 aromatic carbocycles. The average molecular weight is 488 g/mol. The number of amides is 1. The van der Waals surface area contributed by atoms with E-state index >= 15 is 0 Å². The Hall–Kier alpha value is -1.51. The molecule has 1 fully saturated rings. The molecule has 0 unspecified atom stereocenters. The summed E-state index contributed by atoms with van der Waals surface area (Å²) in [5, 5.41) is 0. The average Bonchev–Trinajstić information content (AvgIpc) is 2.60. The normalized spacial score (nSPS) is 15.1. The molecule has 7 heteroatoms. The Kier molecular flexibility index (Phi) is 9.35. The molecule has 1 heterocycles. The molecule has 1 saturated heterocycles. The summed E-state index contributed by atoms with van der Waals surface area (Å²) in [4.78, 5) is 20.3. The molecule has 0 radical (unpaired) electrons. The Morgan fingerprint density at radius 2 is 1.70 bits per heavy atom. The van der Waals surface area contributed by atoms with E-state index in [1.54, 1.807) is 11.9 Å². The number of benzene rings is 1. The van der Waals surface area contributed by atoms with E-state index in [9.17, 15) is 4.79 Å². The van der Waals surface area contributed by atoms with E-state index in [-0.39, 0.29) is 30.1 Å². The third-order valence-corrected chi connectivity index (χ3v) is 4.25. The number of hydrogen-bond acceptors (Lipinski definition) is 3. The van der Waals surface area contributed by atoms with Crippen LogP contribution in [-0.2, 0) is 17.8 Å². The Balaban J connectivity index is 0.00000364. The van der Waals surface area contributed by atoms with Gasteiger partial charge in [-0.15, -0.1) is 24.0 Å². The van der Waals surface area contributed by atoms with Gasteiger partial charge >= 0.3 is 6.09 Å². The zero-order valence-electron chi connectivity index (χ0n) is 16.9. The van der Waals surface area contributed by atoms with Crippen LogP contribution < -0.4 is 5.73 Å². The van der Waals surface area contributed by atoms with Crippen molar-refractivity contribution in [2.24, 2.45) is 10.7 Å². The first kappa shape index (κ1) is 23.5. The van der Waals surface area contributed by atoms with Crippen molar-refractivity contribution >= 4 is 36.0 Å². The molecule has 1 amide bonds. The Morgan fingerprint density at radius 1 is 1.15 bits per heavy atom. The van der Waals surface area contributed by atoms with Crippen LogP contribution in [0.1, 0.15) is 51.2 Å². The first-order valence-electron chi connectivity index (χ1n) is 9.31. The number of carbonyl (C=O) groups is 1. The number of hydrogen-bond donors (Lipinski definition) is 1. The van der Waals surface area contributed by atoms with Crippen molar-refractivity contribution in [3.8, 4) is 0 Å². The number of nitrogens with zero attached hydrogens (tertiary/aromatic N) is 3. The van der Waals surface area contributed by atoms with E-state index < -0.39 is 5.60 Å². The first-order valence-corrected chi connectivity index (χ1v) is 9.31. The molecular formula is C20H33IN4O2. The van der Waals surface area contributed by atoms with E-state index in [4.69, 9.17) is 10.5 Å². The number of ether oxygens (including phenoxy) is 1. The molecule has 0 saturated carbocycles. The molecule has 0 aromatic heterocycles. The number of halogens is 1. The lowest BCUT2D eigenvalue weighted by Crippen LogP contribution is -2.40. The molecule has 0 spiro atoms. The number of aliphatic imine (C=N–C) groups is 1. The Labute approximate surface area is 180 Å². The molecule has 27 heavy (non-hydrogen) atoms. The van der Waals surface area contributed by atoms with Gasteiger partial charge in [0.2, 0.25) is 0 Å². The summed E-state index contributed by atoms with van der Waals surface area (Å²) in [6.45, 7) is 8.69. The molecule has 1 aliphatic heterocycles. The van der Waals surface area contributed by atoms with Crippen LogP contribution in [0.4, 0.5) is 4.79 Å². The van der Waals surface area contributed by atoms with Crippen molar-refractivity contribution in [1.29, 1.82) is 0 Å². The summed E-state index contributed by atoms with van der Waals surface area (Å²) in [6, 6.07) is 8.10. The van der Waals surface area contributed by atoms with E-state index in [1.165, 1.54) is 19.3 Å². The maximum absolute atomic E-state index is 12.0. The van der Waals surface area contributed by atoms with Crippen LogP contribution in [0.2, 0.25) is 0 Å². The van der Waals surface area contributed by atoms with Crippen molar-refractivity contribution < 1.29 is 9.53 Å². The minimum absolute atomic E-state index is 0. The van der Waals surface area contributed by atoms with Gasteiger partial charge < -0.3 is 20.3 Å². The smallest absolute Gasteiger partial charge is 0.410 e. The Bertz CT molecular complexity index is 620. The second kappa shape index (κ2) is 10.7. The van der Waals surface area contributed by atoms with Crippen LogP contribution in [0.3, 0.4) is 0 Å². The summed E-state index contributed by atoms with van der Waals surface area (Å²) >= 11 is 0. The highest BCUT2D eigenvalue weighted by atomic mass is 127. The Morgan fingerprint density at radius 3 is 2.26 bits per heavy atom. The second-order valence-corrected chi connectivity index (χ2v) is 7.88. The highest BCUT2D eigenvalue weighted by Gasteiger charge is 2.19. The standard InChI is InChI=1S/C20H32N4O2.HI/c1-20(2,3)26-19(25)23(4)15-17-10-8-16(9-11-17)14-22-18(21)24-12-6-5-7-13-24;/h8-11H,5-7,12-15H2,1-4H3,(H2,21,22);1H. The van der Waals surface area contributed by atoms with Gasteiger partial charge in [-0.1, -0.05) is 24.3 Å². The molecule has 152 valence electrons. The van der Waals surface area contributed by atoms with Crippen LogP contribution in [0, 0.1) is 0 Å². The minimum Gasteiger partial charge on any atom is -0.444 e. The molecule has 0 aliphatic carbocycles. The molecule has 1 aromatic rings. The fraction of sp³-hybridized carbons (Fsp3) is 0.600. The molecule has 0 bridgehead atoms. The molecule has 0 atom stereocenters. The van der Waals surface area contributed by atoms with Crippen LogP contribution in [0.5, 0.6) is 0 Å². The van der Waals surface area contributed by atoms with E-state index in [2.05, 4.69) is 9.89 Å². The van der Waals surface area contributed by atoms with Gasteiger partial charge in [0.15, 0.2) is 5.96 Å². The second-order valence-electron chi connectivity index (χ2n) is 7.88. The fourth-order valence-electron chi connectivity index (χ4n) is 2.82. The van der Waals surface area contributed by atoms with Gasteiger partial charge in [-0.25, -0.2) is 9.79 Å². The van der Waals surface area contributed by atoms with Gasteiger partial charge in [0.1, 0.15) is 5.60 Å². The summed E-state index contributed by atoms with van der Waals surface area (Å²) in [6.07, 6.45) is 3.34. The van der Waals surface area contributed by atoms with E-state index in [0.717, 1.165) is 24.2 Å². The maximum Gasteiger partial charge on any atom is 0.410 e. The van der Waals surface area contributed by atoms with Crippen LogP contribution >= 0.6 is 24.0 Å². The summed E-state index contributed by atoms with van der Waals surface area (Å²) in [5.74, 6) is 0.637. The maximum atomic E-state index is 12.0. The quantitative estimate of drug-likeness (QED) is 0.396. The van der Waals surface area contributed by atoms with Gasteiger partial charge in [-0.2, -0.15) is 0 Å². The monoisotopic (exact) mass is 488 g/mol.